The van der Waals surface area contributed by atoms with E-state index in [1.165, 1.54) is 13.2 Å². The van der Waals surface area contributed by atoms with Crippen LogP contribution in [0.2, 0.25) is 0 Å². The van der Waals surface area contributed by atoms with Gasteiger partial charge in [-0.3, -0.25) is 0 Å². The van der Waals surface area contributed by atoms with Crippen LogP contribution in [0.4, 0.5) is 4.39 Å². The van der Waals surface area contributed by atoms with Crippen molar-refractivity contribution in [2.75, 3.05) is 7.11 Å². The van der Waals surface area contributed by atoms with Gasteiger partial charge in [0.2, 0.25) is 0 Å². The molecule has 0 bridgehead atoms. The summed E-state index contributed by atoms with van der Waals surface area (Å²) in [6.07, 6.45) is -0.540. The SMILES string of the molecule is COc1c(F)cccc1C1OC1N. The summed E-state index contributed by atoms with van der Waals surface area (Å²) < 4.78 is 23.1. The number of ether oxygens (including phenoxy) is 2. The molecule has 2 rings (SSSR count). The molecule has 0 saturated carbocycles. The van der Waals surface area contributed by atoms with E-state index in [1.54, 1.807) is 12.1 Å². The van der Waals surface area contributed by atoms with E-state index >= 15 is 0 Å². The maximum Gasteiger partial charge on any atom is 0.165 e. The van der Waals surface area contributed by atoms with E-state index in [2.05, 4.69) is 0 Å². The van der Waals surface area contributed by atoms with Crippen LogP contribution in [-0.4, -0.2) is 13.3 Å². The van der Waals surface area contributed by atoms with Crippen molar-refractivity contribution in [3.05, 3.63) is 29.6 Å². The van der Waals surface area contributed by atoms with Gasteiger partial charge in [-0.25, -0.2) is 4.39 Å². The lowest BCUT2D eigenvalue weighted by Gasteiger charge is -2.06. The lowest BCUT2D eigenvalue weighted by molar-refractivity contribution is 0.354. The monoisotopic (exact) mass is 183 g/mol. The standard InChI is InChI=1S/C9H10FNO2/c1-12-7-5(8-9(11)13-8)3-2-4-6(7)10/h2-4,8-9H,11H2,1H3. The van der Waals surface area contributed by atoms with Crippen LogP contribution in [-0.2, 0) is 4.74 Å². The molecule has 2 unspecified atom stereocenters. The third-order valence-corrected chi connectivity index (χ3v) is 2.03. The summed E-state index contributed by atoms with van der Waals surface area (Å²) in [5.41, 5.74) is 6.15. The number of nitrogens with two attached hydrogens (primary N) is 1. The van der Waals surface area contributed by atoms with Crippen molar-refractivity contribution in [2.45, 2.75) is 12.3 Å². The van der Waals surface area contributed by atoms with Crippen LogP contribution >= 0.6 is 0 Å². The Kier molecular flexibility index (Phi) is 1.94. The zero-order valence-electron chi connectivity index (χ0n) is 7.16. The first kappa shape index (κ1) is 8.47. The summed E-state index contributed by atoms with van der Waals surface area (Å²) in [4.78, 5) is 0. The van der Waals surface area contributed by atoms with E-state index < -0.39 is 0 Å². The van der Waals surface area contributed by atoms with Gasteiger partial charge >= 0.3 is 0 Å². The fraction of sp³-hybridized carbons (Fsp3) is 0.333. The molecule has 13 heavy (non-hydrogen) atoms. The third-order valence-electron chi connectivity index (χ3n) is 2.03. The fourth-order valence-electron chi connectivity index (χ4n) is 1.34. The fourth-order valence-corrected chi connectivity index (χ4v) is 1.34. The summed E-state index contributed by atoms with van der Waals surface area (Å²) in [5.74, 6) is -0.164. The summed E-state index contributed by atoms with van der Waals surface area (Å²) in [7, 11) is 1.43. The minimum atomic E-state index is -0.386. The number of benzene rings is 1. The smallest absolute Gasteiger partial charge is 0.165 e. The predicted molar refractivity (Wildman–Crippen MR) is 44.8 cm³/mol. The second kappa shape index (κ2) is 2.97. The Balaban J connectivity index is 2.38. The molecule has 1 aliphatic rings. The molecule has 1 aromatic rings. The quantitative estimate of drug-likeness (QED) is 0.700. The van der Waals surface area contributed by atoms with Gasteiger partial charge in [0.25, 0.3) is 0 Å². The molecule has 1 saturated heterocycles. The molecule has 0 aliphatic carbocycles. The molecule has 0 spiro atoms. The molecule has 0 radical (unpaired) electrons. The summed E-state index contributed by atoms with van der Waals surface area (Å²) in [6.45, 7) is 0. The molecule has 2 atom stereocenters. The highest BCUT2D eigenvalue weighted by Gasteiger charge is 2.39. The Morgan fingerprint density at radius 3 is 2.77 bits per heavy atom. The average Bonchev–Trinajstić information content (AvgIpc) is 2.82. The molecule has 1 aromatic carbocycles. The van der Waals surface area contributed by atoms with Gasteiger partial charge in [0.05, 0.1) is 7.11 Å². The average molecular weight is 183 g/mol. The van der Waals surface area contributed by atoms with Crippen LogP contribution < -0.4 is 10.5 Å². The van der Waals surface area contributed by atoms with Crippen molar-refractivity contribution in [1.29, 1.82) is 0 Å². The van der Waals surface area contributed by atoms with E-state index in [0.717, 1.165) is 0 Å². The molecule has 1 aliphatic heterocycles. The van der Waals surface area contributed by atoms with Crippen molar-refractivity contribution in [1.82, 2.24) is 0 Å². The van der Waals surface area contributed by atoms with Crippen molar-refractivity contribution in [2.24, 2.45) is 5.73 Å². The van der Waals surface area contributed by atoms with Crippen molar-refractivity contribution >= 4 is 0 Å². The van der Waals surface area contributed by atoms with Crippen LogP contribution in [0.3, 0.4) is 0 Å². The summed E-state index contributed by atoms with van der Waals surface area (Å²) >= 11 is 0. The second-order valence-corrected chi connectivity index (χ2v) is 2.88. The Bertz CT molecular complexity index is 329. The van der Waals surface area contributed by atoms with E-state index in [9.17, 15) is 4.39 Å². The molecule has 0 amide bonds. The van der Waals surface area contributed by atoms with Crippen LogP contribution in [0.1, 0.15) is 11.7 Å². The van der Waals surface area contributed by atoms with E-state index in [4.69, 9.17) is 15.2 Å². The maximum atomic E-state index is 13.1. The minimum absolute atomic E-state index is 0.217. The van der Waals surface area contributed by atoms with Gasteiger partial charge in [-0.05, 0) is 6.07 Å². The van der Waals surface area contributed by atoms with E-state index in [0.29, 0.717) is 5.56 Å². The van der Waals surface area contributed by atoms with Gasteiger partial charge in [-0.15, -0.1) is 0 Å². The number of methoxy groups -OCH3 is 1. The Labute approximate surface area is 75.3 Å². The first-order valence-corrected chi connectivity index (χ1v) is 3.97. The lowest BCUT2D eigenvalue weighted by atomic mass is 10.1. The van der Waals surface area contributed by atoms with Gasteiger partial charge in [0.1, 0.15) is 12.3 Å². The molecule has 0 aromatic heterocycles. The van der Waals surface area contributed by atoms with Gasteiger partial charge in [0, 0.05) is 5.56 Å². The van der Waals surface area contributed by atoms with Crippen molar-refractivity contribution in [3.8, 4) is 5.75 Å². The molecule has 3 nitrogen and oxygen atoms in total. The topological polar surface area (TPSA) is 47.8 Å². The Hall–Kier alpha value is -1.13. The molecular weight excluding hydrogens is 173 g/mol. The largest absolute Gasteiger partial charge is 0.493 e. The first-order valence-electron chi connectivity index (χ1n) is 3.97. The molecule has 1 heterocycles. The van der Waals surface area contributed by atoms with Crippen molar-refractivity contribution in [3.63, 3.8) is 0 Å². The second-order valence-electron chi connectivity index (χ2n) is 2.88. The van der Waals surface area contributed by atoms with Gasteiger partial charge in [-0.2, -0.15) is 0 Å². The number of epoxide rings is 1. The highest BCUT2D eigenvalue weighted by atomic mass is 19.1. The first-order chi connectivity index (χ1) is 6.24. The number of rotatable bonds is 2. The van der Waals surface area contributed by atoms with Crippen LogP contribution in [0, 0.1) is 5.82 Å². The number of halogens is 1. The third kappa shape index (κ3) is 1.38. The molecule has 1 fully saturated rings. The van der Waals surface area contributed by atoms with Gasteiger partial charge in [0.15, 0.2) is 11.6 Å². The minimum Gasteiger partial charge on any atom is -0.493 e. The zero-order chi connectivity index (χ0) is 9.42. The van der Waals surface area contributed by atoms with E-state index in [-0.39, 0.29) is 23.9 Å². The molecular formula is C9H10FNO2. The molecule has 70 valence electrons. The molecule has 4 heteroatoms. The van der Waals surface area contributed by atoms with Crippen LogP contribution in [0.25, 0.3) is 0 Å². The van der Waals surface area contributed by atoms with Crippen LogP contribution in [0.15, 0.2) is 18.2 Å². The van der Waals surface area contributed by atoms with Crippen molar-refractivity contribution < 1.29 is 13.9 Å². The van der Waals surface area contributed by atoms with Crippen LogP contribution in [0.5, 0.6) is 5.75 Å². The lowest BCUT2D eigenvalue weighted by Crippen LogP contribution is -2.03. The highest BCUT2D eigenvalue weighted by Crippen LogP contribution is 2.40. The normalized spacial score (nSPS) is 25.8. The summed E-state index contributed by atoms with van der Waals surface area (Å²) in [6, 6.07) is 4.71. The Morgan fingerprint density at radius 2 is 2.23 bits per heavy atom. The summed E-state index contributed by atoms with van der Waals surface area (Å²) in [5, 5.41) is 0. The number of hydrogen-bond donors (Lipinski definition) is 1. The zero-order valence-corrected chi connectivity index (χ0v) is 7.16. The number of para-hydroxylation sites is 1. The highest BCUT2D eigenvalue weighted by molar-refractivity contribution is 5.38. The van der Waals surface area contributed by atoms with E-state index in [1.807, 2.05) is 0 Å². The maximum absolute atomic E-state index is 13.1. The van der Waals surface area contributed by atoms with Gasteiger partial charge in [-0.1, -0.05) is 12.1 Å². The predicted octanol–water partition coefficient (Wildman–Crippen LogP) is 1.19. The Morgan fingerprint density at radius 1 is 1.54 bits per heavy atom. The number of hydrogen-bond acceptors (Lipinski definition) is 3. The van der Waals surface area contributed by atoms with Gasteiger partial charge < -0.3 is 15.2 Å². The molecule has 2 N–H and O–H groups in total.